The number of hydrogen-bond donors (Lipinski definition) is 1. The summed E-state index contributed by atoms with van der Waals surface area (Å²) in [5.74, 6) is 0.640. The van der Waals surface area contributed by atoms with Crippen LogP contribution in [0.4, 0.5) is 5.69 Å². The molecule has 1 aromatic carbocycles. The quantitative estimate of drug-likeness (QED) is 0.407. The third kappa shape index (κ3) is 5.26. The molecular weight excluding hydrogens is 416 g/mol. The summed E-state index contributed by atoms with van der Waals surface area (Å²) in [4.78, 5) is 8.81. The molecule has 2 aliphatic heterocycles. The molecule has 9 nitrogen and oxygen atoms in total. The van der Waals surface area contributed by atoms with Crippen LogP contribution in [0.5, 0.6) is 0 Å². The van der Waals surface area contributed by atoms with Crippen molar-refractivity contribution in [1.29, 1.82) is 0 Å². The summed E-state index contributed by atoms with van der Waals surface area (Å²) in [5.41, 5.74) is 2.82. The zero-order valence-corrected chi connectivity index (χ0v) is 18.5. The molecule has 1 aromatic heterocycles. The summed E-state index contributed by atoms with van der Waals surface area (Å²) in [6, 6.07) is 10.1. The van der Waals surface area contributed by atoms with Gasteiger partial charge < -0.3 is 19.6 Å². The predicted octanol–water partition coefficient (Wildman–Crippen LogP) is 1.27. The molecule has 166 valence electrons. The molecule has 4 rings (SSSR count). The molecule has 0 atom stereocenters. The van der Waals surface area contributed by atoms with Gasteiger partial charge >= 0.3 is 0 Å². The van der Waals surface area contributed by atoms with Crippen molar-refractivity contribution in [3.05, 3.63) is 60.0 Å². The predicted molar refractivity (Wildman–Crippen MR) is 120 cm³/mol. The van der Waals surface area contributed by atoms with Gasteiger partial charge in [0.2, 0.25) is 10.0 Å². The lowest BCUT2D eigenvalue weighted by Gasteiger charge is -2.35. The Labute approximate surface area is 183 Å². The Bertz CT molecular complexity index is 1020. The second-order valence-corrected chi connectivity index (χ2v) is 9.55. The van der Waals surface area contributed by atoms with Gasteiger partial charge in [0.05, 0.1) is 5.69 Å². The summed E-state index contributed by atoms with van der Waals surface area (Å²) in [7, 11) is -1.66. The van der Waals surface area contributed by atoms with E-state index in [-0.39, 0.29) is 5.75 Å². The first-order valence-corrected chi connectivity index (χ1v) is 12.0. The molecule has 0 bridgehead atoms. The number of rotatable bonds is 6. The van der Waals surface area contributed by atoms with Crippen LogP contribution in [0.3, 0.4) is 0 Å². The van der Waals surface area contributed by atoms with Gasteiger partial charge in [0.1, 0.15) is 12.0 Å². The van der Waals surface area contributed by atoms with E-state index in [2.05, 4.69) is 61.7 Å². The molecule has 10 heteroatoms. The lowest BCUT2D eigenvalue weighted by atomic mass is 10.2. The molecule has 1 N–H and O–H groups in total. The van der Waals surface area contributed by atoms with Crippen LogP contribution in [0.15, 0.2) is 58.3 Å². The highest BCUT2D eigenvalue weighted by atomic mass is 32.2. The molecule has 31 heavy (non-hydrogen) atoms. The average molecular weight is 445 g/mol. The third-order valence-electron chi connectivity index (χ3n) is 5.51. The number of sulfonamides is 1. The van der Waals surface area contributed by atoms with Crippen LogP contribution >= 0.6 is 0 Å². The van der Waals surface area contributed by atoms with Gasteiger partial charge in [-0.3, -0.25) is 4.99 Å². The summed E-state index contributed by atoms with van der Waals surface area (Å²) >= 11 is 0. The number of hydrogen-bond acceptors (Lipinski definition) is 6. The van der Waals surface area contributed by atoms with Crippen molar-refractivity contribution in [2.24, 2.45) is 4.99 Å². The van der Waals surface area contributed by atoms with Crippen LogP contribution in [0.1, 0.15) is 11.3 Å². The molecular formula is C21H28N6O3S. The Morgan fingerprint density at radius 2 is 1.94 bits per heavy atom. The van der Waals surface area contributed by atoms with Gasteiger partial charge in [-0.05, 0) is 17.7 Å². The lowest BCUT2D eigenvalue weighted by Crippen LogP contribution is -2.53. The maximum atomic E-state index is 12.6. The molecule has 0 amide bonds. The highest BCUT2D eigenvalue weighted by Crippen LogP contribution is 2.18. The maximum absolute atomic E-state index is 12.6. The summed E-state index contributed by atoms with van der Waals surface area (Å²) in [6.45, 7) is 4.54. The van der Waals surface area contributed by atoms with Crippen molar-refractivity contribution in [1.82, 2.24) is 19.7 Å². The van der Waals surface area contributed by atoms with E-state index >= 15 is 0 Å². The first-order chi connectivity index (χ1) is 15.0. The molecule has 1 saturated heterocycles. The van der Waals surface area contributed by atoms with Crippen LogP contribution in [0, 0.1) is 0 Å². The van der Waals surface area contributed by atoms with E-state index in [4.69, 9.17) is 4.52 Å². The van der Waals surface area contributed by atoms with Crippen LogP contribution in [0.25, 0.3) is 0 Å². The molecule has 0 unspecified atom stereocenters. The third-order valence-corrected chi connectivity index (χ3v) is 7.32. The van der Waals surface area contributed by atoms with Crippen molar-refractivity contribution in [3.63, 3.8) is 0 Å². The maximum Gasteiger partial charge on any atom is 0.220 e. The van der Waals surface area contributed by atoms with Crippen LogP contribution < -0.4 is 10.2 Å². The fraction of sp³-hybridized carbons (Fsp3) is 0.429. The minimum Gasteiger partial charge on any atom is -0.364 e. The Morgan fingerprint density at radius 3 is 2.61 bits per heavy atom. The fourth-order valence-corrected chi connectivity index (χ4v) is 5.26. The Morgan fingerprint density at radius 1 is 1.16 bits per heavy atom. The SMILES string of the molecule is CN=C(NCc1cccc(N2CC=CC2)c1)N1CCN(S(=O)(=O)Cc2ccon2)CC1. The van der Waals surface area contributed by atoms with E-state index < -0.39 is 10.0 Å². The molecule has 0 aliphatic carbocycles. The van der Waals surface area contributed by atoms with Crippen molar-refractivity contribution >= 4 is 21.7 Å². The van der Waals surface area contributed by atoms with Gasteiger partial charge in [0.25, 0.3) is 0 Å². The zero-order valence-electron chi connectivity index (χ0n) is 17.6. The smallest absolute Gasteiger partial charge is 0.220 e. The van der Waals surface area contributed by atoms with E-state index in [1.54, 1.807) is 13.1 Å². The Hall–Kier alpha value is -2.85. The highest BCUT2D eigenvalue weighted by molar-refractivity contribution is 7.88. The monoisotopic (exact) mass is 444 g/mol. The molecule has 0 saturated carbocycles. The summed E-state index contributed by atoms with van der Waals surface area (Å²) in [5, 5.41) is 7.12. The fourth-order valence-electron chi connectivity index (χ4n) is 3.83. The number of aliphatic imine (C=N–C) groups is 1. The standard InChI is InChI=1S/C21H28N6O3S/c1-22-21(23-16-18-5-4-6-20(15-18)25-8-2-3-9-25)26-10-12-27(13-11-26)31(28,29)17-19-7-14-30-24-19/h2-7,14-15H,8-13,16-17H2,1H3,(H,22,23). The van der Waals surface area contributed by atoms with E-state index in [1.165, 1.54) is 21.8 Å². The number of guanidine groups is 1. The number of nitrogens with zero attached hydrogens (tertiary/aromatic N) is 5. The van der Waals surface area contributed by atoms with Gasteiger partial charge in [-0.15, -0.1) is 0 Å². The number of benzene rings is 1. The number of anilines is 1. The zero-order chi connectivity index (χ0) is 21.7. The summed E-state index contributed by atoms with van der Waals surface area (Å²) < 4.78 is 31.5. The Balaban J connectivity index is 1.30. The van der Waals surface area contributed by atoms with Gasteiger partial charge in [-0.25, -0.2) is 8.42 Å². The minimum atomic E-state index is -3.42. The highest BCUT2D eigenvalue weighted by Gasteiger charge is 2.29. The molecule has 3 heterocycles. The number of piperazine rings is 1. The molecule has 1 fully saturated rings. The van der Waals surface area contributed by atoms with Crippen molar-refractivity contribution in [3.8, 4) is 0 Å². The van der Waals surface area contributed by atoms with E-state index in [0.29, 0.717) is 38.4 Å². The summed E-state index contributed by atoms with van der Waals surface area (Å²) in [6.07, 6.45) is 5.74. The minimum absolute atomic E-state index is 0.140. The number of aromatic nitrogens is 1. The van der Waals surface area contributed by atoms with Crippen molar-refractivity contribution in [2.45, 2.75) is 12.3 Å². The second kappa shape index (κ2) is 9.52. The van der Waals surface area contributed by atoms with Gasteiger partial charge in [-0.2, -0.15) is 4.31 Å². The van der Waals surface area contributed by atoms with Crippen LogP contribution in [-0.4, -0.2) is 75.1 Å². The van der Waals surface area contributed by atoms with Gasteiger partial charge in [0.15, 0.2) is 5.96 Å². The lowest BCUT2D eigenvalue weighted by molar-refractivity contribution is 0.259. The van der Waals surface area contributed by atoms with Gasteiger partial charge in [-0.1, -0.05) is 29.4 Å². The van der Waals surface area contributed by atoms with E-state index in [9.17, 15) is 8.42 Å². The number of nitrogens with one attached hydrogen (secondary N) is 1. The first kappa shape index (κ1) is 21.4. The van der Waals surface area contributed by atoms with E-state index in [1.807, 2.05) is 0 Å². The van der Waals surface area contributed by atoms with Crippen molar-refractivity contribution in [2.75, 3.05) is 51.2 Å². The molecule has 0 spiro atoms. The van der Waals surface area contributed by atoms with Crippen LogP contribution in [-0.2, 0) is 22.3 Å². The largest absolute Gasteiger partial charge is 0.364 e. The molecule has 2 aliphatic rings. The normalized spacial score (nSPS) is 18.0. The Kier molecular flexibility index (Phi) is 6.57. The molecule has 0 radical (unpaired) electrons. The average Bonchev–Trinajstić information content (AvgIpc) is 3.49. The van der Waals surface area contributed by atoms with Crippen LogP contribution in [0.2, 0.25) is 0 Å². The van der Waals surface area contributed by atoms with Gasteiger partial charge in [0, 0.05) is 64.6 Å². The topological polar surface area (TPSA) is 94.3 Å². The van der Waals surface area contributed by atoms with Crippen molar-refractivity contribution < 1.29 is 12.9 Å². The molecule has 2 aromatic rings. The first-order valence-electron chi connectivity index (χ1n) is 10.4. The van der Waals surface area contributed by atoms with E-state index in [0.717, 1.165) is 19.0 Å². The second-order valence-electron chi connectivity index (χ2n) is 7.58.